The van der Waals surface area contributed by atoms with Gasteiger partial charge in [0, 0.05) is 19.2 Å². The van der Waals surface area contributed by atoms with Gasteiger partial charge in [0.25, 0.3) is 0 Å². The molecule has 11 heavy (non-hydrogen) atoms. The van der Waals surface area contributed by atoms with Crippen LogP contribution < -0.4 is 0 Å². The molecule has 0 aliphatic carbocycles. The molecule has 1 aromatic heterocycles. The summed E-state index contributed by atoms with van der Waals surface area (Å²) in [5.41, 5.74) is 2.57. The average Bonchev–Trinajstić information content (AvgIpc) is 2.74. The van der Waals surface area contributed by atoms with Crippen LogP contribution in [0.1, 0.15) is 11.3 Å². The van der Waals surface area contributed by atoms with Gasteiger partial charge < -0.3 is 4.74 Å². The van der Waals surface area contributed by atoms with E-state index in [2.05, 4.69) is 12.0 Å². The van der Waals surface area contributed by atoms with E-state index in [0.717, 1.165) is 13.0 Å². The summed E-state index contributed by atoms with van der Waals surface area (Å²) >= 11 is 0. The summed E-state index contributed by atoms with van der Waals surface area (Å²) in [5.74, 6) is 0. The summed E-state index contributed by atoms with van der Waals surface area (Å²) in [5, 5.41) is 4.16. The number of hydrogen-bond acceptors (Lipinski definition) is 2. The minimum atomic E-state index is 0.470. The Kier molecular flexibility index (Phi) is 1.46. The zero-order chi connectivity index (χ0) is 7.84. The molecule has 3 heteroatoms. The highest BCUT2D eigenvalue weighted by molar-refractivity contribution is 5.17. The van der Waals surface area contributed by atoms with Gasteiger partial charge in [-0.05, 0) is 12.5 Å². The molecule has 0 N–H and O–H groups in total. The molecule has 0 radical (unpaired) electrons. The molecule has 2 rings (SSSR count). The molecular weight excluding hydrogens is 140 g/mol. The predicted octanol–water partition coefficient (Wildman–Crippen LogP) is 0.670. The van der Waals surface area contributed by atoms with Crippen molar-refractivity contribution in [2.75, 3.05) is 6.61 Å². The van der Waals surface area contributed by atoms with Crippen LogP contribution in [0.5, 0.6) is 0 Å². The van der Waals surface area contributed by atoms with Gasteiger partial charge in [-0.2, -0.15) is 5.10 Å². The summed E-state index contributed by atoms with van der Waals surface area (Å²) in [7, 11) is 1.96. The first-order valence-electron chi connectivity index (χ1n) is 3.86. The minimum Gasteiger partial charge on any atom is -0.373 e. The summed E-state index contributed by atoms with van der Waals surface area (Å²) in [6, 6.07) is 0. The summed E-state index contributed by atoms with van der Waals surface area (Å²) in [4.78, 5) is 0. The highest BCUT2D eigenvalue weighted by Crippen LogP contribution is 2.17. The van der Waals surface area contributed by atoms with E-state index in [9.17, 15) is 0 Å². The third-order valence-corrected chi connectivity index (χ3v) is 2.19. The maximum atomic E-state index is 5.14. The number of rotatable bonds is 2. The Bertz CT molecular complexity index is 263. The number of hydrogen-bond donors (Lipinski definition) is 0. The van der Waals surface area contributed by atoms with E-state index in [0.29, 0.717) is 6.10 Å². The first kappa shape index (κ1) is 6.85. The molecule has 0 aromatic carbocycles. The van der Waals surface area contributed by atoms with Crippen LogP contribution in [0.25, 0.3) is 0 Å². The Morgan fingerprint density at radius 3 is 3.00 bits per heavy atom. The van der Waals surface area contributed by atoms with Crippen molar-refractivity contribution >= 4 is 0 Å². The first-order valence-corrected chi connectivity index (χ1v) is 3.86. The summed E-state index contributed by atoms with van der Waals surface area (Å²) in [6.45, 7) is 3.01. The van der Waals surface area contributed by atoms with Crippen LogP contribution in [0.2, 0.25) is 0 Å². The molecule has 0 bridgehead atoms. The molecule has 1 aromatic rings. The van der Waals surface area contributed by atoms with Crippen molar-refractivity contribution in [2.45, 2.75) is 19.4 Å². The first-order chi connectivity index (χ1) is 5.27. The smallest absolute Gasteiger partial charge is 0.0851 e. The Hall–Kier alpha value is -0.830. The van der Waals surface area contributed by atoms with Crippen molar-refractivity contribution in [1.82, 2.24) is 9.78 Å². The average molecular weight is 152 g/mol. The lowest BCUT2D eigenvalue weighted by molar-refractivity contribution is 0.407. The minimum absolute atomic E-state index is 0.470. The van der Waals surface area contributed by atoms with Crippen molar-refractivity contribution in [3.8, 4) is 0 Å². The van der Waals surface area contributed by atoms with Gasteiger partial charge >= 0.3 is 0 Å². The number of epoxide rings is 1. The lowest BCUT2D eigenvalue weighted by atomic mass is 10.1. The number of nitrogens with zero attached hydrogens (tertiary/aromatic N) is 2. The second-order valence-corrected chi connectivity index (χ2v) is 3.04. The van der Waals surface area contributed by atoms with Crippen molar-refractivity contribution in [3.05, 3.63) is 17.5 Å². The van der Waals surface area contributed by atoms with Gasteiger partial charge in [0.2, 0.25) is 0 Å². The van der Waals surface area contributed by atoms with Gasteiger partial charge in [-0.3, -0.25) is 4.68 Å². The maximum Gasteiger partial charge on any atom is 0.0851 e. The van der Waals surface area contributed by atoms with E-state index in [1.54, 1.807) is 0 Å². The Morgan fingerprint density at radius 1 is 1.82 bits per heavy atom. The van der Waals surface area contributed by atoms with E-state index in [4.69, 9.17) is 4.74 Å². The third kappa shape index (κ3) is 1.28. The summed E-state index contributed by atoms with van der Waals surface area (Å²) < 4.78 is 7.04. The van der Waals surface area contributed by atoms with Gasteiger partial charge in [-0.15, -0.1) is 0 Å². The Morgan fingerprint density at radius 2 is 2.55 bits per heavy atom. The van der Waals surface area contributed by atoms with Gasteiger partial charge in [0.1, 0.15) is 0 Å². The zero-order valence-electron chi connectivity index (χ0n) is 6.87. The van der Waals surface area contributed by atoms with Crippen LogP contribution >= 0.6 is 0 Å². The van der Waals surface area contributed by atoms with Crippen LogP contribution in [-0.4, -0.2) is 22.5 Å². The number of aromatic nitrogens is 2. The van der Waals surface area contributed by atoms with Crippen molar-refractivity contribution in [2.24, 2.45) is 7.05 Å². The Labute approximate surface area is 66.0 Å². The molecule has 1 atom stereocenters. The number of ether oxygens (including phenoxy) is 1. The Balaban J connectivity index is 2.15. The van der Waals surface area contributed by atoms with Gasteiger partial charge in [-0.25, -0.2) is 0 Å². The van der Waals surface area contributed by atoms with Crippen LogP contribution in [0.15, 0.2) is 6.20 Å². The lowest BCUT2D eigenvalue weighted by Gasteiger charge is -1.96. The normalized spacial score (nSPS) is 22.2. The standard InChI is InChI=1S/C8H12N2O/c1-6-7(3-8-5-11-8)4-9-10(6)2/h4,8H,3,5H2,1-2H3. The van der Waals surface area contributed by atoms with Crippen LogP contribution in [0.4, 0.5) is 0 Å². The van der Waals surface area contributed by atoms with Gasteiger partial charge in [-0.1, -0.05) is 0 Å². The molecular formula is C8H12N2O. The molecule has 2 heterocycles. The quantitative estimate of drug-likeness (QED) is 0.583. The second kappa shape index (κ2) is 2.34. The van der Waals surface area contributed by atoms with Gasteiger partial charge in [0.05, 0.1) is 18.9 Å². The van der Waals surface area contributed by atoms with E-state index in [1.165, 1.54) is 11.3 Å². The SMILES string of the molecule is Cc1c(CC2CO2)cnn1C. The molecule has 3 nitrogen and oxygen atoms in total. The molecule has 1 saturated heterocycles. The summed E-state index contributed by atoms with van der Waals surface area (Å²) in [6.07, 6.45) is 3.43. The van der Waals surface area contributed by atoms with E-state index < -0.39 is 0 Å². The predicted molar refractivity (Wildman–Crippen MR) is 41.4 cm³/mol. The fourth-order valence-electron chi connectivity index (χ4n) is 1.18. The van der Waals surface area contributed by atoms with Crippen molar-refractivity contribution < 1.29 is 4.74 Å². The molecule has 1 aliphatic heterocycles. The third-order valence-electron chi connectivity index (χ3n) is 2.19. The van der Waals surface area contributed by atoms with Crippen LogP contribution in [0.3, 0.4) is 0 Å². The molecule has 0 amide bonds. The van der Waals surface area contributed by atoms with Crippen LogP contribution in [0, 0.1) is 6.92 Å². The molecule has 1 fully saturated rings. The van der Waals surface area contributed by atoms with Gasteiger partial charge in [0.15, 0.2) is 0 Å². The van der Waals surface area contributed by atoms with E-state index >= 15 is 0 Å². The lowest BCUT2D eigenvalue weighted by Crippen LogP contribution is -1.97. The molecule has 0 saturated carbocycles. The molecule has 60 valence electrons. The zero-order valence-corrected chi connectivity index (χ0v) is 6.87. The highest BCUT2D eigenvalue weighted by atomic mass is 16.6. The fraction of sp³-hybridized carbons (Fsp3) is 0.625. The molecule has 1 unspecified atom stereocenters. The largest absolute Gasteiger partial charge is 0.373 e. The topological polar surface area (TPSA) is 30.4 Å². The van der Waals surface area contributed by atoms with E-state index in [-0.39, 0.29) is 0 Å². The molecule has 1 aliphatic rings. The van der Waals surface area contributed by atoms with Crippen molar-refractivity contribution in [1.29, 1.82) is 0 Å². The fourth-order valence-corrected chi connectivity index (χ4v) is 1.18. The monoisotopic (exact) mass is 152 g/mol. The number of aryl methyl sites for hydroxylation is 1. The van der Waals surface area contributed by atoms with E-state index in [1.807, 2.05) is 17.9 Å². The maximum absolute atomic E-state index is 5.14. The highest BCUT2D eigenvalue weighted by Gasteiger charge is 2.24. The second-order valence-electron chi connectivity index (χ2n) is 3.04. The van der Waals surface area contributed by atoms with Crippen molar-refractivity contribution in [3.63, 3.8) is 0 Å². The van der Waals surface area contributed by atoms with Crippen LogP contribution in [-0.2, 0) is 18.2 Å². The molecule has 0 spiro atoms.